The van der Waals surface area contributed by atoms with Crippen LogP contribution in [0.4, 0.5) is 0 Å². The number of amides is 2. The topological polar surface area (TPSA) is 145 Å². The van der Waals surface area contributed by atoms with Crippen molar-refractivity contribution in [1.29, 1.82) is 0 Å². The van der Waals surface area contributed by atoms with Crippen LogP contribution in [0.3, 0.4) is 0 Å². The number of allylic oxidation sites excluding steroid dienone is 1. The molecule has 3 N–H and O–H groups in total. The second-order valence-corrected chi connectivity index (χ2v) is 16.5. The minimum Gasteiger partial charge on any atom is -0.497 e. The summed E-state index contributed by atoms with van der Waals surface area (Å²) < 4.78 is 37.4. The van der Waals surface area contributed by atoms with Crippen molar-refractivity contribution in [2.75, 3.05) is 13.7 Å². The number of carbonyl (C=O) groups is 2. The van der Waals surface area contributed by atoms with Gasteiger partial charge in [0.1, 0.15) is 5.75 Å². The van der Waals surface area contributed by atoms with Gasteiger partial charge in [-0.2, -0.15) is 5.10 Å². The van der Waals surface area contributed by atoms with Gasteiger partial charge in [-0.25, -0.2) is 17.8 Å². The van der Waals surface area contributed by atoms with Gasteiger partial charge in [-0.1, -0.05) is 43.5 Å². The molecule has 7 rings (SSSR count). The zero-order valence-corrected chi connectivity index (χ0v) is 31.2. The van der Waals surface area contributed by atoms with E-state index in [9.17, 15) is 23.1 Å². The van der Waals surface area contributed by atoms with Gasteiger partial charge in [-0.15, -0.1) is 0 Å². The number of carbonyl (C=O) groups excluding carboxylic acids is 2. The number of methoxy groups -OCH3 is 1. The van der Waals surface area contributed by atoms with Gasteiger partial charge < -0.3 is 19.7 Å². The van der Waals surface area contributed by atoms with Crippen LogP contribution in [0.25, 0.3) is 39.5 Å². The number of hydrogen-bond acceptors (Lipinski definition) is 7. The number of hydrogen-bond donors (Lipinski definition) is 3. The predicted molar refractivity (Wildman–Crippen MR) is 207 cm³/mol. The number of fused-ring (bicyclic) bond motifs is 5. The van der Waals surface area contributed by atoms with Crippen LogP contribution < -0.4 is 14.8 Å². The van der Waals surface area contributed by atoms with Gasteiger partial charge in [-0.3, -0.25) is 9.59 Å². The van der Waals surface area contributed by atoms with Gasteiger partial charge >= 0.3 is 0 Å². The first kappa shape index (κ1) is 36.2. The van der Waals surface area contributed by atoms with Crippen molar-refractivity contribution in [3.63, 3.8) is 0 Å². The first-order valence-corrected chi connectivity index (χ1v) is 19.7. The molecule has 2 amide bonds. The number of sulfonamides is 1. The van der Waals surface area contributed by atoms with Gasteiger partial charge in [0.15, 0.2) is 0 Å². The van der Waals surface area contributed by atoms with Gasteiger partial charge in [0, 0.05) is 28.6 Å². The number of rotatable bonds is 10. The summed E-state index contributed by atoms with van der Waals surface area (Å²) in [6.45, 7) is 5.05. The van der Waals surface area contributed by atoms with Crippen LogP contribution in [-0.4, -0.2) is 64.7 Å². The lowest BCUT2D eigenvalue weighted by molar-refractivity contribution is 0.0922. The van der Waals surface area contributed by atoms with Crippen LogP contribution in [0.1, 0.15) is 96.3 Å². The predicted octanol–water partition coefficient (Wildman–Crippen LogP) is 6.68. The molecule has 0 spiro atoms. The third-order valence-corrected chi connectivity index (χ3v) is 12.0. The molecule has 1 fully saturated rings. The van der Waals surface area contributed by atoms with E-state index in [0.29, 0.717) is 23.6 Å². The molecule has 12 heteroatoms. The molecule has 1 atom stereocenters. The van der Waals surface area contributed by atoms with Crippen molar-refractivity contribution in [3.05, 3.63) is 101 Å². The molecule has 5 aromatic rings. The highest BCUT2D eigenvalue weighted by Gasteiger charge is 2.32. The molecular weight excluding hydrogens is 691 g/mol. The fraction of sp³-hybridized carbons (Fsp3) is 0.341. The summed E-state index contributed by atoms with van der Waals surface area (Å²) in [4.78, 5) is 27.3. The monoisotopic (exact) mass is 735 g/mol. The number of para-hydroxylation sites is 1. The summed E-state index contributed by atoms with van der Waals surface area (Å²) in [5.41, 5.74) is 7.60. The summed E-state index contributed by atoms with van der Waals surface area (Å²) in [5.74, 6) is -0.106. The summed E-state index contributed by atoms with van der Waals surface area (Å²) in [6.07, 6.45) is 8.36. The molecular formula is C41H45N5O6S. The Bertz CT molecular complexity index is 2330. The summed E-state index contributed by atoms with van der Waals surface area (Å²) >= 11 is 0. The van der Waals surface area contributed by atoms with Crippen LogP contribution >= 0.6 is 0 Å². The summed E-state index contributed by atoms with van der Waals surface area (Å²) in [7, 11) is -2.23. The highest BCUT2D eigenvalue weighted by Crippen LogP contribution is 2.48. The maximum Gasteiger partial charge on any atom is 0.264 e. The van der Waals surface area contributed by atoms with E-state index in [2.05, 4.69) is 26.7 Å². The quantitative estimate of drug-likeness (QED) is 0.145. The lowest BCUT2D eigenvalue weighted by atomic mass is 9.81. The highest BCUT2D eigenvalue weighted by molar-refractivity contribution is 7.90. The Morgan fingerprint density at radius 2 is 1.72 bits per heavy atom. The number of nitrogens with zero attached hydrogens (tertiary/aromatic N) is 3. The average Bonchev–Trinajstić information content (AvgIpc) is 3.69. The molecule has 1 aliphatic heterocycles. The van der Waals surface area contributed by atoms with E-state index >= 15 is 0 Å². The van der Waals surface area contributed by atoms with Crippen LogP contribution in [0.15, 0.2) is 72.9 Å². The van der Waals surface area contributed by atoms with Crippen molar-refractivity contribution in [3.8, 4) is 22.7 Å². The number of benzene rings is 3. The van der Waals surface area contributed by atoms with Gasteiger partial charge in [0.25, 0.3) is 11.8 Å². The first-order valence-electron chi connectivity index (χ1n) is 18.2. The van der Waals surface area contributed by atoms with Crippen molar-refractivity contribution in [1.82, 2.24) is 24.4 Å². The lowest BCUT2D eigenvalue weighted by Crippen LogP contribution is -2.35. The Morgan fingerprint density at radius 3 is 2.42 bits per heavy atom. The lowest BCUT2D eigenvalue weighted by Gasteiger charge is -2.24. The van der Waals surface area contributed by atoms with E-state index in [4.69, 9.17) is 9.84 Å². The molecule has 3 heterocycles. The molecule has 1 aliphatic carbocycles. The van der Waals surface area contributed by atoms with Gasteiger partial charge in [0.05, 0.1) is 53.8 Å². The Hall–Kier alpha value is -5.20. The summed E-state index contributed by atoms with van der Waals surface area (Å²) in [6, 6.07) is 21.1. The maximum absolute atomic E-state index is 13.8. The van der Waals surface area contributed by atoms with Crippen molar-refractivity contribution >= 4 is 44.4 Å². The number of aliphatic hydroxyl groups excluding tert-OH is 1. The third-order valence-electron chi connectivity index (χ3n) is 10.3. The SMILES string of the molecule is COc1ccc2c(c1)C=C(c1c(C(=O)NC[C@@H](C)O)cnn1-c1ccccc1)Cn1c-2c(C2CCCCC2)c2ccc(C(=O)NS(=O)(=O)C(C)C)cc21. The molecule has 1 saturated carbocycles. The van der Waals surface area contributed by atoms with Crippen molar-refractivity contribution < 1.29 is 27.9 Å². The largest absolute Gasteiger partial charge is 0.497 e. The maximum atomic E-state index is 13.8. The number of ether oxygens (including phenoxy) is 1. The molecule has 11 nitrogen and oxygen atoms in total. The Kier molecular flexibility index (Phi) is 10.0. The molecule has 276 valence electrons. The Labute approximate surface area is 309 Å². The van der Waals surface area contributed by atoms with Gasteiger partial charge in [0.2, 0.25) is 10.0 Å². The molecule has 0 radical (unpaired) electrons. The molecule has 0 bridgehead atoms. The van der Waals surface area contributed by atoms with Crippen molar-refractivity contribution in [2.24, 2.45) is 0 Å². The fourth-order valence-electron chi connectivity index (χ4n) is 7.56. The average molecular weight is 736 g/mol. The van der Waals surface area contributed by atoms with E-state index in [1.165, 1.54) is 25.8 Å². The first-order chi connectivity index (χ1) is 25.5. The van der Waals surface area contributed by atoms with Crippen LogP contribution in [0, 0.1) is 0 Å². The normalized spacial score (nSPS) is 15.3. The zero-order valence-electron chi connectivity index (χ0n) is 30.4. The molecule has 3 aromatic carbocycles. The third kappa shape index (κ3) is 7.00. The van der Waals surface area contributed by atoms with E-state index in [0.717, 1.165) is 64.7 Å². The van der Waals surface area contributed by atoms with Gasteiger partial charge in [-0.05, 0) is 105 Å². The van der Waals surface area contributed by atoms with Crippen LogP contribution in [0.2, 0.25) is 0 Å². The van der Waals surface area contributed by atoms with Crippen LogP contribution in [0.5, 0.6) is 5.75 Å². The highest BCUT2D eigenvalue weighted by atomic mass is 32.2. The molecule has 2 aliphatic rings. The number of aromatic nitrogens is 3. The van der Waals surface area contributed by atoms with E-state index in [1.807, 2.05) is 48.5 Å². The summed E-state index contributed by atoms with van der Waals surface area (Å²) in [5, 5.41) is 17.8. The van der Waals surface area contributed by atoms with E-state index < -0.39 is 27.3 Å². The minimum atomic E-state index is -3.86. The molecule has 53 heavy (non-hydrogen) atoms. The van der Waals surface area contributed by atoms with E-state index in [-0.39, 0.29) is 23.9 Å². The zero-order chi connectivity index (χ0) is 37.4. The molecule has 0 saturated heterocycles. The fourth-order valence-corrected chi connectivity index (χ4v) is 8.17. The molecule has 0 unspecified atom stereocenters. The smallest absolute Gasteiger partial charge is 0.264 e. The van der Waals surface area contributed by atoms with Crippen molar-refractivity contribution in [2.45, 2.75) is 76.7 Å². The Balaban J connectivity index is 1.50. The minimum absolute atomic E-state index is 0.0718. The number of nitrogens with one attached hydrogen (secondary N) is 2. The Morgan fingerprint density at radius 1 is 0.962 bits per heavy atom. The number of aliphatic hydroxyl groups is 1. The second-order valence-electron chi connectivity index (χ2n) is 14.3. The van der Waals surface area contributed by atoms with Crippen LogP contribution in [-0.2, 0) is 16.6 Å². The second kappa shape index (κ2) is 14.7. The standard InChI is InChI=1S/C41H45N5O6S/c1-25(2)53(50,51)44-40(48)28-15-17-34-36(21-28)45-24-30(38-35(41(49)42-22-26(3)47)23-43-46(38)31-13-9-6-10-14-31)19-29-20-32(52-4)16-18-33(29)39(45)37(34)27-11-7-5-8-12-27/h6,9-10,13-21,23,25-27,47H,5,7-8,11-12,22,24H2,1-4H3,(H,42,49)(H,44,48)/t26-/m1/s1. The van der Waals surface area contributed by atoms with E-state index in [1.54, 1.807) is 37.0 Å². The molecule has 2 aromatic heterocycles.